The fourth-order valence-electron chi connectivity index (χ4n) is 4.94. The predicted octanol–water partition coefficient (Wildman–Crippen LogP) is 3.04. The first kappa shape index (κ1) is 16.5. The number of nitrogens with one attached hydrogen (secondary N) is 1. The minimum Gasteiger partial charge on any atom is -0.349 e. The standard InChI is InChI=1S/C21H23N5O/c1-12(23-21(27)15-4-2-13(10-22)3-5-15)20-17-8-16(9-18(17)20)26-11-19(24-25-26)14-6-7-14/h2-5,11-12,14,16-18,20H,6-9H2,1H3,(H,23,27). The maximum Gasteiger partial charge on any atom is 0.251 e. The number of fused-ring (bicyclic) bond motifs is 1. The van der Waals surface area contributed by atoms with Crippen molar-refractivity contribution in [2.75, 3.05) is 0 Å². The molecule has 6 heteroatoms. The van der Waals surface area contributed by atoms with Gasteiger partial charge < -0.3 is 5.32 Å². The third-order valence-electron chi connectivity index (χ3n) is 6.60. The summed E-state index contributed by atoms with van der Waals surface area (Å²) in [5.41, 5.74) is 2.34. The number of nitrogens with zero attached hydrogens (tertiary/aromatic N) is 4. The van der Waals surface area contributed by atoms with Crippen molar-refractivity contribution < 1.29 is 4.79 Å². The third kappa shape index (κ3) is 3.01. The number of hydrogen-bond donors (Lipinski definition) is 1. The summed E-state index contributed by atoms with van der Waals surface area (Å²) in [4.78, 5) is 12.4. The van der Waals surface area contributed by atoms with E-state index in [2.05, 4.69) is 39.5 Å². The average molecular weight is 361 g/mol. The molecule has 27 heavy (non-hydrogen) atoms. The monoisotopic (exact) mass is 361 g/mol. The zero-order valence-corrected chi connectivity index (χ0v) is 15.4. The molecule has 1 heterocycles. The topological polar surface area (TPSA) is 83.6 Å². The molecule has 3 atom stereocenters. The SMILES string of the molecule is CC(NC(=O)c1ccc(C#N)cc1)C1C2CC(n3cc(C4CC4)nn3)CC21. The zero-order valence-electron chi connectivity index (χ0n) is 15.4. The van der Waals surface area contributed by atoms with Gasteiger partial charge in [0, 0.05) is 23.7 Å². The van der Waals surface area contributed by atoms with Gasteiger partial charge in [-0.25, -0.2) is 4.68 Å². The van der Waals surface area contributed by atoms with Gasteiger partial charge in [0.15, 0.2) is 0 Å². The first-order valence-corrected chi connectivity index (χ1v) is 9.87. The zero-order chi connectivity index (χ0) is 18.5. The molecule has 1 N–H and O–H groups in total. The van der Waals surface area contributed by atoms with E-state index in [-0.39, 0.29) is 11.9 Å². The van der Waals surface area contributed by atoms with Crippen LogP contribution in [0.2, 0.25) is 0 Å². The number of benzene rings is 1. The van der Waals surface area contributed by atoms with Gasteiger partial charge in [0.25, 0.3) is 5.91 Å². The highest BCUT2D eigenvalue weighted by Crippen LogP contribution is 2.62. The Balaban J connectivity index is 1.16. The van der Waals surface area contributed by atoms with E-state index >= 15 is 0 Å². The van der Waals surface area contributed by atoms with E-state index < -0.39 is 0 Å². The van der Waals surface area contributed by atoms with E-state index in [0.29, 0.717) is 40.8 Å². The molecule has 138 valence electrons. The van der Waals surface area contributed by atoms with Crippen LogP contribution >= 0.6 is 0 Å². The molecule has 0 radical (unpaired) electrons. The van der Waals surface area contributed by atoms with Gasteiger partial charge in [0.2, 0.25) is 0 Å². The van der Waals surface area contributed by atoms with Crippen LogP contribution in [0.3, 0.4) is 0 Å². The van der Waals surface area contributed by atoms with Crippen molar-refractivity contribution in [1.82, 2.24) is 20.3 Å². The minimum atomic E-state index is -0.0566. The van der Waals surface area contributed by atoms with Gasteiger partial charge in [-0.3, -0.25) is 4.79 Å². The largest absolute Gasteiger partial charge is 0.349 e. The summed E-state index contributed by atoms with van der Waals surface area (Å²) in [6.07, 6.45) is 6.94. The van der Waals surface area contributed by atoms with Crippen LogP contribution < -0.4 is 5.32 Å². The van der Waals surface area contributed by atoms with Gasteiger partial charge in [-0.15, -0.1) is 5.10 Å². The minimum absolute atomic E-state index is 0.0566. The highest BCUT2D eigenvalue weighted by Gasteiger charge is 2.58. The van der Waals surface area contributed by atoms with Crippen molar-refractivity contribution >= 4 is 5.91 Å². The highest BCUT2D eigenvalue weighted by atomic mass is 16.1. The first-order valence-electron chi connectivity index (χ1n) is 9.87. The van der Waals surface area contributed by atoms with Crippen LogP contribution in [0.1, 0.15) is 66.2 Å². The van der Waals surface area contributed by atoms with Crippen molar-refractivity contribution in [2.24, 2.45) is 17.8 Å². The summed E-state index contributed by atoms with van der Waals surface area (Å²) in [5.74, 6) is 2.52. The van der Waals surface area contributed by atoms with Gasteiger partial charge in [-0.05, 0) is 74.6 Å². The van der Waals surface area contributed by atoms with Crippen LogP contribution in [-0.4, -0.2) is 26.9 Å². The first-order chi connectivity index (χ1) is 13.1. The van der Waals surface area contributed by atoms with Gasteiger partial charge >= 0.3 is 0 Å². The van der Waals surface area contributed by atoms with Crippen molar-refractivity contribution in [1.29, 1.82) is 5.26 Å². The summed E-state index contributed by atoms with van der Waals surface area (Å²) in [6, 6.07) is 9.51. The van der Waals surface area contributed by atoms with E-state index in [1.807, 2.05) is 0 Å². The maximum absolute atomic E-state index is 12.4. The van der Waals surface area contributed by atoms with Gasteiger partial charge in [0.05, 0.1) is 23.4 Å². The lowest BCUT2D eigenvalue weighted by Gasteiger charge is -2.19. The van der Waals surface area contributed by atoms with E-state index in [0.717, 1.165) is 18.5 Å². The molecular formula is C21H23N5O. The van der Waals surface area contributed by atoms with E-state index in [1.54, 1.807) is 24.3 Å². The number of carbonyl (C=O) groups is 1. The van der Waals surface area contributed by atoms with E-state index in [9.17, 15) is 4.79 Å². The Labute approximate surface area is 158 Å². The summed E-state index contributed by atoms with van der Waals surface area (Å²) in [5, 5.41) is 20.7. The van der Waals surface area contributed by atoms with Crippen LogP contribution in [0, 0.1) is 29.1 Å². The quantitative estimate of drug-likeness (QED) is 0.887. The number of amides is 1. The molecule has 3 aliphatic carbocycles. The Morgan fingerprint density at radius 1 is 1.26 bits per heavy atom. The van der Waals surface area contributed by atoms with Gasteiger partial charge in [-0.1, -0.05) is 5.21 Å². The van der Waals surface area contributed by atoms with Crippen LogP contribution in [0.25, 0.3) is 0 Å². The average Bonchev–Trinajstić information content (AvgIpc) is 3.55. The molecule has 3 saturated carbocycles. The number of rotatable bonds is 5. The molecule has 3 unspecified atom stereocenters. The fourth-order valence-corrected chi connectivity index (χ4v) is 4.94. The number of carbonyl (C=O) groups excluding carboxylic acids is 1. The van der Waals surface area contributed by atoms with Crippen LogP contribution in [-0.2, 0) is 0 Å². The fraction of sp³-hybridized carbons (Fsp3) is 0.524. The molecule has 0 spiro atoms. The molecule has 1 aromatic carbocycles. The molecule has 6 nitrogen and oxygen atoms in total. The van der Waals surface area contributed by atoms with Gasteiger partial charge in [0.1, 0.15) is 0 Å². The molecular weight excluding hydrogens is 338 g/mol. The van der Waals surface area contributed by atoms with Crippen LogP contribution in [0.4, 0.5) is 0 Å². The Hall–Kier alpha value is -2.68. The molecule has 3 aliphatic rings. The molecule has 0 aliphatic heterocycles. The van der Waals surface area contributed by atoms with Crippen molar-refractivity contribution in [3.05, 3.63) is 47.3 Å². The molecule has 0 bridgehead atoms. The second-order valence-electron chi connectivity index (χ2n) is 8.38. The predicted molar refractivity (Wildman–Crippen MR) is 98.8 cm³/mol. The Morgan fingerprint density at radius 2 is 1.96 bits per heavy atom. The van der Waals surface area contributed by atoms with Crippen molar-refractivity contribution in [3.8, 4) is 6.07 Å². The normalized spacial score (nSPS) is 29.6. The molecule has 3 fully saturated rings. The summed E-state index contributed by atoms with van der Waals surface area (Å²) in [6.45, 7) is 2.11. The number of nitriles is 1. The highest BCUT2D eigenvalue weighted by molar-refractivity contribution is 5.94. The molecule has 0 saturated heterocycles. The van der Waals surface area contributed by atoms with Crippen molar-refractivity contribution in [2.45, 2.75) is 50.6 Å². The summed E-state index contributed by atoms with van der Waals surface area (Å²) >= 11 is 0. The Bertz CT molecular complexity index is 895. The van der Waals surface area contributed by atoms with E-state index in [1.165, 1.54) is 12.8 Å². The molecule has 1 amide bonds. The Kier molecular flexibility index (Phi) is 3.78. The Morgan fingerprint density at radius 3 is 2.59 bits per heavy atom. The molecule has 2 aromatic rings. The number of hydrogen-bond acceptors (Lipinski definition) is 4. The lowest BCUT2D eigenvalue weighted by Crippen LogP contribution is -2.35. The number of aromatic nitrogens is 3. The summed E-state index contributed by atoms with van der Waals surface area (Å²) in [7, 11) is 0. The van der Waals surface area contributed by atoms with Crippen molar-refractivity contribution in [3.63, 3.8) is 0 Å². The maximum atomic E-state index is 12.4. The third-order valence-corrected chi connectivity index (χ3v) is 6.60. The summed E-state index contributed by atoms with van der Waals surface area (Å²) < 4.78 is 2.08. The smallest absolute Gasteiger partial charge is 0.251 e. The van der Waals surface area contributed by atoms with Gasteiger partial charge in [-0.2, -0.15) is 5.26 Å². The lowest BCUT2D eigenvalue weighted by atomic mass is 10.0. The molecule has 1 aromatic heterocycles. The van der Waals surface area contributed by atoms with Crippen LogP contribution in [0.5, 0.6) is 0 Å². The lowest BCUT2D eigenvalue weighted by molar-refractivity contribution is 0.0932. The second-order valence-corrected chi connectivity index (χ2v) is 8.38. The van der Waals surface area contributed by atoms with E-state index in [4.69, 9.17) is 5.26 Å². The molecule has 5 rings (SSSR count). The second kappa shape index (κ2) is 6.19. The van der Waals surface area contributed by atoms with Crippen LogP contribution in [0.15, 0.2) is 30.5 Å².